The molecule has 3 aromatic rings. The van der Waals surface area contributed by atoms with Crippen LogP contribution in [0.1, 0.15) is 5.56 Å². The van der Waals surface area contributed by atoms with Crippen molar-refractivity contribution in [1.82, 2.24) is 5.32 Å². The first-order chi connectivity index (χ1) is 11.6. The van der Waals surface area contributed by atoms with Crippen molar-refractivity contribution >= 4 is 48.5 Å². The van der Waals surface area contributed by atoms with Crippen molar-refractivity contribution < 1.29 is 9.53 Å². The van der Waals surface area contributed by atoms with Gasteiger partial charge in [-0.15, -0.1) is 0 Å². The molecule has 24 heavy (non-hydrogen) atoms. The maximum absolute atomic E-state index is 12.0. The number of amides is 1. The summed E-state index contributed by atoms with van der Waals surface area (Å²) in [6.07, 6.45) is 0. The van der Waals surface area contributed by atoms with Gasteiger partial charge in [0, 0.05) is 11.0 Å². The lowest BCUT2D eigenvalue weighted by Crippen LogP contribution is -2.28. The van der Waals surface area contributed by atoms with Gasteiger partial charge in [-0.05, 0) is 50.5 Å². The molecule has 0 aromatic heterocycles. The first-order valence-electron chi connectivity index (χ1n) is 7.44. The zero-order valence-electron chi connectivity index (χ0n) is 12.8. The molecule has 0 saturated heterocycles. The van der Waals surface area contributed by atoms with E-state index in [9.17, 15) is 4.79 Å². The van der Waals surface area contributed by atoms with Crippen molar-refractivity contribution in [2.24, 2.45) is 0 Å². The standard InChI is InChI=1S/C19H15Br2NO2/c20-15-7-8-16-14(10-15)6-9-17(19(16)21)24-12-18(23)22-11-13-4-2-1-3-5-13/h1-10H,11-12H2,(H,22,23). The number of hydrogen-bond acceptors (Lipinski definition) is 2. The number of halogens is 2. The van der Waals surface area contributed by atoms with Crippen LogP contribution in [-0.2, 0) is 11.3 Å². The lowest BCUT2D eigenvalue weighted by Gasteiger charge is -2.11. The van der Waals surface area contributed by atoms with Gasteiger partial charge < -0.3 is 10.1 Å². The molecule has 0 saturated carbocycles. The van der Waals surface area contributed by atoms with Crippen molar-refractivity contribution in [3.63, 3.8) is 0 Å². The SMILES string of the molecule is O=C(COc1ccc2cc(Br)ccc2c1Br)NCc1ccccc1. The molecule has 0 aliphatic carbocycles. The van der Waals surface area contributed by atoms with Crippen LogP contribution in [0, 0.1) is 0 Å². The molecular weight excluding hydrogens is 434 g/mol. The summed E-state index contributed by atoms with van der Waals surface area (Å²) in [5.74, 6) is 0.501. The predicted molar refractivity (Wildman–Crippen MR) is 103 cm³/mol. The van der Waals surface area contributed by atoms with Gasteiger partial charge in [0.2, 0.25) is 0 Å². The van der Waals surface area contributed by atoms with Gasteiger partial charge in [-0.1, -0.05) is 58.4 Å². The topological polar surface area (TPSA) is 38.3 Å². The summed E-state index contributed by atoms with van der Waals surface area (Å²) in [5, 5.41) is 4.98. The third-order valence-corrected chi connectivity index (χ3v) is 4.88. The second kappa shape index (κ2) is 7.81. The van der Waals surface area contributed by atoms with Crippen LogP contribution in [0.2, 0.25) is 0 Å². The summed E-state index contributed by atoms with van der Waals surface area (Å²) < 4.78 is 7.53. The molecule has 0 unspecified atom stereocenters. The van der Waals surface area contributed by atoms with Gasteiger partial charge in [-0.3, -0.25) is 4.79 Å². The molecule has 0 aliphatic heterocycles. The number of fused-ring (bicyclic) bond motifs is 1. The molecule has 3 rings (SSSR count). The van der Waals surface area contributed by atoms with Crippen LogP contribution in [0.4, 0.5) is 0 Å². The molecule has 0 bridgehead atoms. The maximum atomic E-state index is 12.0. The third-order valence-electron chi connectivity index (χ3n) is 3.57. The number of rotatable bonds is 5. The summed E-state index contributed by atoms with van der Waals surface area (Å²) in [4.78, 5) is 12.0. The number of benzene rings is 3. The Kier molecular flexibility index (Phi) is 5.53. The van der Waals surface area contributed by atoms with Crippen LogP contribution < -0.4 is 10.1 Å². The summed E-state index contributed by atoms with van der Waals surface area (Å²) in [7, 11) is 0. The highest BCUT2D eigenvalue weighted by Crippen LogP contribution is 2.34. The van der Waals surface area contributed by atoms with Crippen molar-refractivity contribution in [3.8, 4) is 5.75 Å². The average Bonchev–Trinajstić information content (AvgIpc) is 2.60. The van der Waals surface area contributed by atoms with E-state index >= 15 is 0 Å². The molecule has 0 aliphatic rings. The third kappa shape index (κ3) is 4.16. The van der Waals surface area contributed by atoms with Gasteiger partial charge >= 0.3 is 0 Å². The van der Waals surface area contributed by atoms with Gasteiger partial charge in [0.1, 0.15) is 5.75 Å². The highest BCUT2D eigenvalue weighted by atomic mass is 79.9. The van der Waals surface area contributed by atoms with Crippen LogP contribution in [0.25, 0.3) is 10.8 Å². The molecule has 0 spiro atoms. The van der Waals surface area contributed by atoms with Crippen LogP contribution in [-0.4, -0.2) is 12.5 Å². The van der Waals surface area contributed by atoms with Crippen molar-refractivity contribution in [1.29, 1.82) is 0 Å². The number of carbonyl (C=O) groups is 1. The zero-order chi connectivity index (χ0) is 16.9. The van der Waals surface area contributed by atoms with Crippen LogP contribution in [0.15, 0.2) is 69.6 Å². The minimum Gasteiger partial charge on any atom is -0.483 e. The van der Waals surface area contributed by atoms with E-state index < -0.39 is 0 Å². The van der Waals surface area contributed by atoms with Crippen molar-refractivity contribution in [2.75, 3.05) is 6.61 Å². The number of nitrogens with one attached hydrogen (secondary N) is 1. The van der Waals surface area contributed by atoms with Gasteiger partial charge in [0.25, 0.3) is 5.91 Å². The molecule has 0 heterocycles. The summed E-state index contributed by atoms with van der Waals surface area (Å²) in [5.41, 5.74) is 1.06. The zero-order valence-corrected chi connectivity index (χ0v) is 15.9. The van der Waals surface area contributed by atoms with E-state index in [1.807, 2.05) is 60.7 Å². The fourth-order valence-corrected chi connectivity index (χ4v) is 3.33. The van der Waals surface area contributed by atoms with Gasteiger partial charge in [0.15, 0.2) is 6.61 Å². The van der Waals surface area contributed by atoms with E-state index in [1.165, 1.54) is 0 Å². The van der Waals surface area contributed by atoms with Crippen molar-refractivity contribution in [3.05, 3.63) is 75.2 Å². The molecule has 0 atom stereocenters. The molecule has 5 heteroatoms. The smallest absolute Gasteiger partial charge is 0.258 e. The predicted octanol–water partition coefficient (Wildman–Crippen LogP) is 5.06. The number of hydrogen-bond donors (Lipinski definition) is 1. The Hall–Kier alpha value is -1.85. The number of ether oxygens (including phenoxy) is 1. The minimum atomic E-state index is -0.151. The van der Waals surface area contributed by atoms with Gasteiger partial charge in [0.05, 0.1) is 4.47 Å². The fourth-order valence-electron chi connectivity index (χ4n) is 2.35. The Morgan fingerprint density at radius 2 is 1.79 bits per heavy atom. The molecule has 3 aromatic carbocycles. The molecule has 122 valence electrons. The van der Waals surface area contributed by atoms with E-state index in [2.05, 4.69) is 37.2 Å². The monoisotopic (exact) mass is 447 g/mol. The van der Waals surface area contributed by atoms with Crippen LogP contribution in [0.5, 0.6) is 5.75 Å². The average molecular weight is 449 g/mol. The maximum Gasteiger partial charge on any atom is 0.258 e. The second-order valence-electron chi connectivity index (χ2n) is 5.29. The normalized spacial score (nSPS) is 10.6. The minimum absolute atomic E-state index is 0.0204. The summed E-state index contributed by atoms with van der Waals surface area (Å²) >= 11 is 7.02. The van der Waals surface area contributed by atoms with Gasteiger partial charge in [-0.25, -0.2) is 0 Å². The summed E-state index contributed by atoms with van der Waals surface area (Å²) in [6, 6.07) is 19.6. The van der Waals surface area contributed by atoms with E-state index in [0.717, 1.165) is 25.3 Å². The Morgan fingerprint density at radius 3 is 2.58 bits per heavy atom. The van der Waals surface area contributed by atoms with Crippen molar-refractivity contribution in [2.45, 2.75) is 6.54 Å². The Morgan fingerprint density at radius 1 is 1.00 bits per heavy atom. The Bertz CT molecular complexity index is 866. The Balaban J connectivity index is 1.62. The molecule has 0 fully saturated rings. The fraction of sp³-hybridized carbons (Fsp3) is 0.105. The van der Waals surface area contributed by atoms with E-state index in [-0.39, 0.29) is 12.5 Å². The highest BCUT2D eigenvalue weighted by molar-refractivity contribution is 9.11. The van der Waals surface area contributed by atoms with Crippen LogP contribution in [0.3, 0.4) is 0 Å². The highest BCUT2D eigenvalue weighted by Gasteiger charge is 2.09. The van der Waals surface area contributed by atoms with E-state index in [1.54, 1.807) is 0 Å². The lowest BCUT2D eigenvalue weighted by atomic mass is 10.1. The second-order valence-corrected chi connectivity index (χ2v) is 7.00. The largest absolute Gasteiger partial charge is 0.483 e. The van der Waals surface area contributed by atoms with Gasteiger partial charge in [-0.2, -0.15) is 0 Å². The Labute approximate surface area is 157 Å². The first kappa shape index (κ1) is 17.0. The molecule has 0 radical (unpaired) electrons. The molecule has 3 nitrogen and oxygen atoms in total. The van der Waals surface area contributed by atoms with E-state index in [4.69, 9.17) is 4.74 Å². The molecule has 1 N–H and O–H groups in total. The quantitative estimate of drug-likeness (QED) is 0.592. The summed E-state index contributed by atoms with van der Waals surface area (Å²) in [6.45, 7) is 0.476. The van der Waals surface area contributed by atoms with Crippen LogP contribution >= 0.6 is 31.9 Å². The number of carbonyl (C=O) groups excluding carboxylic acids is 1. The first-order valence-corrected chi connectivity index (χ1v) is 9.03. The molecule has 1 amide bonds. The lowest BCUT2D eigenvalue weighted by molar-refractivity contribution is -0.123. The van der Waals surface area contributed by atoms with E-state index in [0.29, 0.717) is 12.3 Å². The molecular formula is C19H15Br2NO2.